The largest absolute Gasteiger partial charge is 0.548 e. The number of fused-ring (bicyclic) bond motifs is 5. The lowest BCUT2D eigenvalue weighted by Crippen LogP contribution is -2.52. The van der Waals surface area contributed by atoms with Crippen LogP contribution in [0, 0.1) is 52.3 Å². The Balaban J connectivity index is 1.46. The Hall–Kier alpha value is -0.243. The van der Waals surface area contributed by atoms with Crippen LogP contribution in [-0.4, -0.2) is 8.32 Å². The van der Waals surface area contributed by atoms with E-state index in [0.29, 0.717) is 10.8 Å². The molecule has 2 heteroatoms. The standard InChI is InChI=1S/C30H54OSi/c1-21(2)10-9-11-22(3)26-14-15-27-25-13-12-23-20-24(31-32(6,7)8)16-18-29(23,4)28(25)17-19-30(26,27)5/h20-23,25-28H,9-19H2,1-8H3/t22-,23+,25+,26-,27+,28+,29+,30-/m1/s1. The monoisotopic (exact) mass is 458 g/mol. The average molecular weight is 459 g/mol. The zero-order valence-corrected chi connectivity index (χ0v) is 23.8. The van der Waals surface area contributed by atoms with Crippen LogP contribution in [0.4, 0.5) is 0 Å². The van der Waals surface area contributed by atoms with Crippen LogP contribution in [-0.2, 0) is 4.43 Å². The summed E-state index contributed by atoms with van der Waals surface area (Å²) >= 11 is 0. The molecule has 0 aromatic heterocycles. The molecule has 0 bridgehead atoms. The summed E-state index contributed by atoms with van der Waals surface area (Å²) in [5, 5.41) is 0. The number of rotatable bonds is 7. The second kappa shape index (κ2) is 9.08. The van der Waals surface area contributed by atoms with E-state index in [1.54, 1.807) is 0 Å². The predicted molar refractivity (Wildman–Crippen MR) is 141 cm³/mol. The molecule has 0 radical (unpaired) electrons. The summed E-state index contributed by atoms with van der Waals surface area (Å²) < 4.78 is 6.48. The molecule has 1 nitrogen and oxygen atoms in total. The highest BCUT2D eigenvalue weighted by Crippen LogP contribution is 2.68. The highest BCUT2D eigenvalue weighted by Gasteiger charge is 2.60. The van der Waals surface area contributed by atoms with Crippen molar-refractivity contribution >= 4 is 8.32 Å². The number of hydrogen-bond donors (Lipinski definition) is 0. The SMILES string of the molecule is CC(C)CCC[C@@H](C)[C@H]1CC[C@H]2[C@@H]3CC[C@H]4C=C(O[Si](C)(C)C)CC[C@]4(C)[C@H]3CC[C@]12C. The van der Waals surface area contributed by atoms with Crippen LogP contribution >= 0.6 is 0 Å². The van der Waals surface area contributed by atoms with Crippen LogP contribution in [0.1, 0.15) is 105 Å². The van der Waals surface area contributed by atoms with Gasteiger partial charge in [-0.25, -0.2) is 0 Å². The van der Waals surface area contributed by atoms with Crippen molar-refractivity contribution in [1.29, 1.82) is 0 Å². The fourth-order valence-electron chi connectivity index (χ4n) is 9.33. The van der Waals surface area contributed by atoms with E-state index in [1.165, 1.54) is 76.4 Å². The van der Waals surface area contributed by atoms with Gasteiger partial charge in [0.25, 0.3) is 0 Å². The van der Waals surface area contributed by atoms with Crippen molar-refractivity contribution in [3.63, 3.8) is 0 Å². The van der Waals surface area contributed by atoms with E-state index < -0.39 is 8.32 Å². The first-order chi connectivity index (χ1) is 14.9. The van der Waals surface area contributed by atoms with E-state index in [-0.39, 0.29) is 0 Å². The van der Waals surface area contributed by atoms with Crippen molar-refractivity contribution in [2.75, 3.05) is 0 Å². The molecule has 0 N–H and O–H groups in total. The minimum atomic E-state index is -1.49. The smallest absolute Gasteiger partial charge is 0.241 e. The Morgan fingerprint density at radius 3 is 2.31 bits per heavy atom. The van der Waals surface area contributed by atoms with Crippen LogP contribution in [0.25, 0.3) is 0 Å². The third-order valence-corrected chi connectivity index (χ3v) is 11.8. The third-order valence-electron chi connectivity index (χ3n) is 10.9. The topological polar surface area (TPSA) is 9.23 Å². The minimum absolute atomic E-state index is 0.525. The molecule has 0 aliphatic heterocycles. The Bertz CT molecular complexity index is 689. The quantitative estimate of drug-likeness (QED) is 0.345. The molecule has 3 saturated carbocycles. The zero-order valence-electron chi connectivity index (χ0n) is 22.8. The molecule has 3 fully saturated rings. The molecule has 32 heavy (non-hydrogen) atoms. The molecular weight excluding hydrogens is 404 g/mol. The highest BCUT2D eigenvalue weighted by atomic mass is 28.4. The molecule has 0 spiro atoms. The molecule has 0 aromatic rings. The summed E-state index contributed by atoms with van der Waals surface area (Å²) in [5.74, 6) is 7.83. The van der Waals surface area contributed by atoms with Crippen molar-refractivity contribution in [3.05, 3.63) is 11.8 Å². The Kier molecular flexibility index (Phi) is 7.06. The maximum Gasteiger partial charge on any atom is 0.241 e. The van der Waals surface area contributed by atoms with E-state index in [1.807, 2.05) is 0 Å². The van der Waals surface area contributed by atoms with Gasteiger partial charge < -0.3 is 4.43 Å². The van der Waals surface area contributed by atoms with Crippen molar-refractivity contribution in [3.8, 4) is 0 Å². The van der Waals surface area contributed by atoms with Gasteiger partial charge >= 0.3 is 0 Å². The molecular formula is C30H54OSi. The lowest BCUT2D eigenvalue weighted by molar-refractivity contribution is -0.0977. The van der Waals surface area contributed by atoms with E-state index in [0.717, 1.165) is 41.4 Å². The first kappa shape index (κ1) is 24.9. The second-order valence-corrected chi connectivity index (χ2v) is 18.9. The number of allylic oxidation sites excluding steroid dienone is 2. The van der Waals surface area contributed by atoms with E-state index in [9.17, 15) is 0 Å². The molecule has 0 amide bonds. The first-order valence-corrected chi connectivity index (χ1v) is 17.7. The molecule has 4 aliphatic carbocycles. The summed E-state index contributed by atoms with van der Waals surface area (Å²) in [7, 11) is -1.49. The molecule has 184 valence electrons. The van der Waals surface area contributed by atoms with Crippen LogP contribution in [0.3, 0.4) is 0 Å². The van der Waals surface area contributed by atoms with Gasteiger partial charge in [-0.15, -0.1) is 0 Å². The predicted octanol–water partition coefficient (Wildman–Crippen LogP) is 9.45. The number of hydrogen-bond acceptors (Lipinski definition) is 1. The van der Waals surface area contributed by atoms with Gasteiger partial charge in [0, 0.05) is 6.42 Å². The average Bonchev–Trinajstić information content (AvgIpc) is 3.04. The van der Waals surface area contributed by atoms with Crippen LogP contribution in [0.15, 0.2) is 11.8 Å². The Morgan fingerprint density at radius 1 is 0.906 bits per heavy atom. The lowest BCUT2D eigenvalue weighted by Gasteiger charge is -2.60. The van der Waals surface area contributed by atoms with Crippen LogP contribution in [0.5, 0.6) is 0 Å². The van der Waals surface area contributed by atoms with Gasteiger partial charge in [-0.05, 0) is 123 Å². The molecule has 4 aliphatic rings. The lowest BCUT2D eigenvalue weighted by atomic mass is 9.45. The highest BCUT2D eigenvalue weighted by molar-refractivity contribution is 6.70. The third kappa shape index (κ3) is 4.65. The first-order valence-electron chi connectivity index (χ1n) is 14.3. The summed E-state index contributed by atoms with van der Waals surface area (Å²) in [6.07, 6.45) is 18.4. The summed E-state index contributed by atoms with van der Waals surface area (Å²) in [6, 6.07) is 0. The van der Waals surface area contributed by atoms with Crippen molar-refractivity contribution in [2.24, 2.45) is 52.3 Å². The maximum absolute atomic E-state index is 6.48. The van der Waals surface area contributed by atoms with E-state index >= 15 is 0 Å². The molecule has 0 unspecified atom stereocenters. The van der Waals surface area contributed by atoms with Gasteiger partial charge in [-0.1, -0.05) is 53.9 Å². The van der Waals surface area contributed by atoms with Crippen LogP contribution < -0.4 is 0 Å². The normalized spacial score (nSPS) is 42.7. The zero-order chi connectivity index (χ0) is 23.3. The summed E-state index contributed by atoms with van der Waals surface area (Å²) in [4.78, 5) is 0. The Morgan fingerprint density at radius 2 is 1.62 bits per heavy atom. The molecule has 0 saturated heterocycles. The van der Waals surface area contributed by atoms with Gasteiger partial charge in [0.2, 0.25) is 8.32 Å². The van der Waals surface area contributed by atoms with Gasteiger partial charge in [0.15, 0.2) is 0 Å². The summed E-state index contributed by atoms with van der Waals surface area (Å²) in [5.41, 5.74) is 1.15. The molecule has 4 rings (SSSR count). The fourth-order valence-corrected chi connectivity index (χ4v) is 10.3. The van der Waals surface area contributed by atoms with Crippen molar-refractivity contribution < 1.29 is 4.43 Å². The van der Waals surface area contributed by atoms with Gasteiger partial charge in [0.05, 0.1) is 5.76 Å². The van der Waals surface area contributed by atoms with Gasteiger partial charge in [0.1, 0.15) is 0 Å². The van der Waals surface area contributed by atoms with E-state index in [4.69, 9.17) is 4.43 Å². The maximum atomic E-state index is 6.48. The summed E-state index contributed by atoms with van der Waals surface area (Å²) in [6.45, 7) is 19.8. The minimum Gasteiger partial charge on any atom is -0.548 e. The molecule has 0 heterocycles. The Labute approximate surface area is 201 Å². The van der Waals surface area contributed by atoms with Gasteiger partial charge in [-0.2, -0.15) is 0 Å². The molecule has 8 atom stereocenters. The van der Waals surface area contributed by atoms with E-state index in [2.05, 4.69) is 60.3 Å². The van der Waals surface area contributed by atoms with Crippen LogP contribution in [0.2, 0.25) is 19.6 Å². The van der Waals surface area contributed by atoms with Crippen molar-refractivity contribution in [2.45, 2.75) is 125 Å². The van der Waals surface area contributed by atoms with Crippen molar-refractivity contribution in [1.82, 2.24) is 0 Å². The fraction of sp³-hybridized carbons (Fsp3) is 0.933. The molecule has 0 aromatic carbocycles. The second-order valence-electron chi connectivity index (χ2n) is 14.4. The van der Waals surface area contributed by atoms with Gasteiger partial charge in [-0.3, -0.25) is 0 Å².